The lowest BCUT2D eigenvalue weighted by Crippen LogP contribution is -2.41. The highest BCUT2D eigenvalue weighted by Gasteiger charge is 2.22. The Labute approximate surface area is 178 Å². The number of benzene rings is 2. The second-order valence-corrected chi connectivity index (χ2v) is 8.64. The quantitative estimate of drug-likeness (QED) is 0.589. The summed E-state index contributed by atoms with van der Waals surface area (Å²) in [5.74, 6) is -0.203. The molecule has 3 aromatic rings. The van der Waals surface area contributed by atoms with Crippen molar-refractivity contribution in [1.29, 1.82) is 0 Å². The first-order valence-corrected chi connectivity index (χ1v) is 10.9. The maximum absolute atomic E-state index is 13.2. The van der Waals surface area contributed by atoms with Crippen LogP contribution in [0.3, 0.4) is 0 Å². The van der Waals surface area contributed by atoms with E-state index >= 15 is 0 Å². The molecule has 0 saturated heterocycles. The van der Waals surface area contributed by atoms with Gasteiger partial charge in [-0.05, 0) is 56.3 Å². The first-order chi connectivity index (χ1) is 14.8. The first-order valence-electron chi connectivity index (χ1n) is 9.43. The zero-order valence-corrected chi connectivity index (χ0v) is 17.6. The smallest absolute Gasteiger partial charge is 0.268 e. The van der Waals surface area contributed by atoms with Gasteiger partial charge in [0.15, 0.2) is 11.5 Å². The SMILES string of the molecule is Cc1cc(C(=O)NNS(=O)(=O)c2ccc3c(c2)OCCO3)c(C)n1-c1ccc(F)cc1. The molecule has 2 aromatic carbocycles. The molecule has 10 heteroatoms. The van der Waals surface area contributed by atoms with Crippen LogP contribution < -0.4 is 19.7 Å². The minimum absolute atomic E-state index is 0.0752. The van der Waals surface area contributed by atoms with Crippen LogP contribution >= 0.6 is 0 Å². The van der Waals surface area contributed by atoms with Crippen LogP contribution in [0.2, 0.25) is 0 Å². The number of aromatic nitrogens is 1. The molecule has 31 heavy (non-hydrogen) atoms. The molecule has 1 amide bonds. The van der Waals surface area contributed by atoms with E-state index in [1.807, 2.05) is 0 Å². The number of ether oxygens (including phenoxy) is 2. The number of sulfonamides is 1. The number of hydrazine groups is 1. The Balaban J connectivity index is 1.52. The summed E-state index contributed by atoms with van der Waals surface area (Å²) >= 11 is 0. The van der Waals surface area contributed by atoms with E-state index in [9.17, 15) is 17.6 Å². The monoisotopic (exact) mass is 445 g/mol. The van der Waals surface area contributed by atoms with Crippen LogP contribution in [0, 0.1) is 19.7 Å². The lowest BCUT2D eigenvalue weighted by atomic mass is 10.2. The third-order valence-corrected chi connectivity index (χ3v) is 6.13. The Morgan fingerprint density at radius 3 is 2.39 bits per heavy atom. The number of halogens is 1. The molecule has 1 aliphatic rings. The minimum Gasteiger partial charge on any atom is -0.486 e. The fourth-order valence-corrected chi connectivity index (χ4v) is 4.27. The molecule has 0 bridgehead atoms. The molecule has 4 rings (SSSR count). The molecule has 2 heterocycles. The van der Waals surface area contributed by atoms with Gasteiger partial charge in [0, 0.05) is 23.1 Å². The maximum atomic E-state index is 13.2. The molecule has 1 aliphatic heterocycles. The highest BCUT2D eigenvalue weighted by molar-refractivity contribution is 7.89. The summed E-state index contributed by atoms with van der Waals surface area (Å²) in [6, 6.07) is 11.7. The number of hydrogen-bond acceptors (Lipinski definition) is 5. The van der Waals surface area contributed by atoms with E-state index < -0.39 is 15.9 Å². The molecule has 0 aliphatic carbocycles. The van der Waals surface area contributed by atoms with Crippen molar-refractivity contribution < 1.29 is 27.1 Å². The van der Waals surface area contributed by atoms with Gasteiger partial charge in [0.1, 0.15) is 19.0 Å². The Morgan fingerprint density at radius 2 is 1.68 bits per heavy atom. The largest absolute Gasteiger partial charge is 0.486 e. The van der Waals surface area contributed by atoms with Gasteiger partial charge in [-0.15, -0.1) is 4.83 Å². The van der Waals surface area contributed by atoms with Gasteiger partial charge in [-0.3, -0.25) is 10.2 Å². The van der Waals surface area contributed by atoms with Crippen LogP contribution in [0.4, 0.5) is 4.39 Å². The number of amides is 1. The van der Waals surface area contributed by atoms with E-state index in [4.69, 9.17) is 9.47 Å². The number of carbonyl (C=O) groups excluding carboxylic acids is 1. The van der Waals surface area contributed by atoms with Gasteiger partial charge in [0.25, 0.3) is 15.9 Å². The molecule has 2 N–H and O–H groups in total. The Morgan fingerprint density at radius 1 is 1.00 bits per heavy atom. The van der Waals surface area contributed by atoms with Crippen molar-refractivity contribution in [3.05, 3.63) is 71.3 Å². The normalized spacial score (nSPS) is 13.1. The number of hydrogen-bond donors (Lipinski definition) is 2. The Bertz CT molecular complexity index is 1250. The molecule has 0 saturated carbocycles. The van der Waals surface area contributed by atoms with Crippen LogP contribution in [0.15, 0.2) is 53.4 Å². The van der Waals surface area contributed by atoms with Gasteiger partial charge >= 0.3 is 0 Å². The van der Waals surface area contributed by atoms with Crippen molar-refractivity contribution >= 4 is 15.9 Å². The van der Waals surface area contributed by atoms with Crippen LogP contribution in [-0.2, 0) is 10.0 Å². The summed E-state index contributed by atoms with van der Waals surface area (Å²) in [6.07, 6.45) is 0. The number of nitrogens with one attached hydrogen (secondary N) is 2. The third kappa shape index (κ3) is 4.12. The maximum Gasteiger partial charge on any atom is 0.268 e. The van der Waals surface area contributed by atoms with Gasteiger partial charge in [-0.2, -0.15) is 0 Å². The van der Waals surface area contributed by atoms with Gasteiger partial charge in [-0.1, -0.05) is 0 Å². The summed E-state index contributed by atoms with van der Waals surface area (Å²) in [6.45, 7) is 4.24. The Kier molecular flexibility index (Phi) is 5.42. The molecule has 0 fully saturated rings. The molecule has 0 unspecified atom stereocenters. The van der Waals surface area contributed by atoms with Crippen molar-refractivity contribution in [2.75, 3.05) is 13.2 Å². The highest BCUT2D eigenvalue weighted by Crippen LogP contribution is 2.32. The van der Waals surface area contributed by atoms with Gasteiger partial charge in [-0.25, -0.2) is 12.8 Å². The fourth-order valence-electron chi connectivity index (χ4n) is 3.41. The number of rotatable bonds is 5. The Hall–Kier alpha value is -3.37. The third-order valence-electron chi connectivity index (χ3n) is 4.88. The van der Waals surface area contributed by atoms with Crippen LogP contribution in [0.25, 0.3) is 5.69 Å². The molecule has 0 radical (unpaired) electrons. The zero-order chi connectivity index (χ0) is 22.2. The molecule has 0 atom stereocenters. The molecule has 1 aromatic heterocycles. The molecular weight excluding hydrogens is 425 g/mol. The summed E-state index contributed by atoms with van der Waals surface area (Å²) in [7, 11) is -4.04. The molecule has 8 nitrogen and oxygen atoms in total. The van der Waals surface area contributed by atoms with E-state index in [0.717, 1.165) is 5.69 Å². The summed E-state index contributed by atoms with van der Waals surface area (Å²) < 4.78 is 51.0. The average Bonchev–Trinajstić information content (AvgIpc) is 3.06. The molecule has 0 spiro atoms. The number of carbonyl (C=O) groups is 1. The second kappa shape index (κ2) is 8.05. The average molecular weight is 445 g/mol. The first kappa shape index (κ1) is 20.9. The topological polar surface area (TPSA) is 98.7 Å². The van der Waals surface area contributed by atoms with Gasteiger partial charge in [0.2, 0.25) is 0 Å². The van der Waals surface area contributed by atoms with E-state index in [1.54, 1.807) is 36.6 Å². The predicted molar refractivity (Wildman–Crippen MR) is 110 cm³/mol. The van der Waals surface area contributed by atoms with Gasteiger partial charge in [0.05, 0.1) is 10.5 Å². The molecular formula is C21H20FN3O5S. The van der Waals surface area contributed by atoms with E-state index in [1.165, 1.54) is 30.3 Å². The van der Waals surface area contributed by atoms with E-state index in [2.05, 4.69) is 10.3 Å². The van der Waals surface area contributed by atoms with Crippen molar-refractivity contribution in [3.63, 3.8) is 0 Å². The van der Waals surface area contributed by atoms with Gasteiger partial charge < -0.3 is 14.0 Å². The fraction of sp³-hybridized carbons (Fsp3) is 0.190. The standard InChI is InChI=1S/C21H20FN3O5S/c1-13-11-18(14(2)25(13)16-5-3-15(22)4-6-16)21(26)23-24-31(27,28)17-7-8-19-20(12-17)30-10-9-29-19/h3-8,11-12,24H,9-10H2,1-2H3,(H,23,26). The minimum atomic E-state index is -4.04. The van der Waals surface area contributed by atoms with Crippen LogP contribution in [0.1, 0.15) is 21.7 Å². The summed E-state index contributed by atoms with van der Waals surface area (Å²) in [5, 5.41) is 0. The zero-order valence-electron chi connectivity index (χ0n) is 16.8. The van der Waals surface area contributed by atoms with Crippen molar-refractivity contribution in [2.24, 2.45) is 0 Å². The van der Waals surface area contributed by atoms with Crippen molar-refractivity contribution in [2.45, 2.75) is 18.7 Å². The summed E-state index contributed by atoms with van der Waals surface area (Å²) in [5.41, 5.74) is 4.53. The second-order valence-electron chi connectivity index (χ2n) is 6.96. The molecule has 162 valence electrons. The highest BCUT2D eigenvalue weighted by atomic mass is 32.2. The number of nitrogens with zero attached hydrogens (tertiary/aromatic N) is 1. The summed E-state index contributed by atoms with van der Waals surface area (Å²) in [4.78, 5) is 14.7. The van der Waals surface area contributed by atoms with Crippen molar-refractivity contribution in [3.8, 4) is 17.2 Å². The van der Waals surface area contributed by atoms with E-state index in [0.29, 0.717) is 36.1 Å². The lowest BCUT2D eigenvalue weighted by molar-refractivity contribution is 0.0944. The predicted octanol–water partition coefficient (Wildman–Crippen LogP) is 2.63. The van der Waals surface area contributed by atoms with Crippen molar-refractivity contribution in [1.82, 2.24) is 14.8 Å². The van der Waals surface area contributed by atoms with E-state index in [-0.39, 0.29) is 16.3 Å². The number of fused-ring (bicyclic) bond motifs is 1. The van der Waals surface area contributed by atoms with Crippen LogP contribution in [-0.4, -0.2) is 32.1 Å². The number of aryl methyl sites for hydroxylation is 1. The van der Waals surface area contributed by atoms with Crippen LogP contribution in [0.5, 0.6) is 11.5 Å². The lowest BCUT2D eigenvalue weighted by Gasteiger charge is -2.19.